The van der Waals surface area contributed by atoms with E-state index in [-0.39, 0.29) is 0 Å². The second kappa shape index (κ2) is 9.25. The van der Waals surface area contributed by atoms with E-state index in [4.69, 9.17) is 26.2 Å². The first-order valence-corrected chi connectivity index (χ1v) is 12.3. The molecule has 10 heteroatoms. The zero-order valence-corrected chi connectivity index (χ0v) is 20.7. The van der Waals surface area contributed by atoms with E-state index in [0.29, 0.717) is 58.3 Å². The van der Waals surface area contributed by atoms with Gasteiger partial charge in [-0.1, -0.05) is 30.7 Å². The van der Waals surface area contributed by atoms with E-state index in [1.165, 1.54) is 12.4 Å². The number of aromatic nitrogens is 4. The van der Waals surface area contributed by atoms with Gasteiger partial charge >= 0.3 is 0 Å². The van der Waals surface area contributed by atoms with Gasteiger partial charge in [0.05, 0.1) is 29.8 Å². The Morgan fingerprint density at radius 1 is 1.11 bits per heavy atom. The third-order valence-corrected chi connectivity index (χ3v) is 6.50. The van der Waals surface area contributed by atoms with Crippen LogP contribution >= 0.6 is 11.6 Å². The Bertz CT molecular complexity index is 1740. The van der Waals surface area contributed by atoms with Crippen molar-refractivity contribution in [3.63, 3.8) is 0 Å². The molecule has 2 aromatic carbocycles. The van der Waals surface area contributed by atoms with Crippen LogP contribution in [0.3, 0.4) is 0 Å². The van der Waals surface area contributed by atoms with Crippen molar-refractivity contribution in [2.75, 3.05) is 18.6 Å². The summed E-state index contributed by atoms with van der Waals surface area (Å²) < 4.78 is 14.1. The Labute approximate surface area is 216 Å². The third kappa shape index (κ3) is 4.07. The lowest BCUT2D eigenvalue weighted by atomic mass is 10.0. The summed E-state index contributed by atoms with van der Waals surface area (Å²) in [5.74, 6) is 0.639. The summed E-state index contributed by atoms with van der Waals surface area (Å²) >= 11 is 6.23. The van der Waals surface area contributed by atoms with Gasteiger partial charge in [0.1, 0.15) is 0 Å². The van der Waals surface area contributed by atoms with Gasteiger partial charge in [0.15, 0.2) is 17.1 Å². The predicted molar refractivity (Wildman–Crippen MR) is 140 cm³/mol. The molecule has 0 atom stereocenters. The number of rotatable bonds is 4. The molecule has 9 nitrogen and oxygen atoms in total. The molecular formula is C27H22ClN5O4. The number of carbonyl (C=O) groups is 1. The Hall–Kier alpha value is -4.37. The molecule has 0 spiro atoms. The molecule has 4 heterocycles. The summed E-state index contributed by atoms with van der Waals surface area (Å²) in [6.07, 6.45) is 4.46. The molecule has 1 amide bonds. The molecule has 5 aromatic rings. The molecular weight excluding hydrogens is 494 g/mol. The number of pyridine rings is 1. The van der Waals surface area contributed by atoms with Gasteiger partial charge in [0.2, 0.25) is 0 Å². The largest absolute Gasteiger partial charge is 0.490 e. The Balaban J connectivity index is 1.38. The van der Waals surface area contributed by atoms with Crippen LogP contribution < -0.4 is 20.5 Å². The maximum atomic E-state index is 13.3. The van der Waals surface area contributed by atoms with Crippen LogP contribution in [0.25, 0.3) is 27.7 Å². The summed E-state index contributed by atoms with van der Waals surface area (Å²) in [6.45, 7) is 3.08. The minimum atomic E-state index is -0.457. The Morgan fingerprint density at radius 3 is 2.76 bits per heavy atom. The van der Waals surface area contributed by atoms with Gasteiger partial charge in [-0.05, 0) is 48.4 Å². The van der Waals surface area contributed by atoms with Crippen LogP contribution in [0.2, 0.25) is 5.02 Å². The number of hydrogen-bond acceptors (Lipinski definition) is 6. The minimum absolute atomic E-state index is 0.316. The van der Waals surface area contributed by atoms with Gasteiger partial charge in [-0.15, -0.1) is 0 Å². The van der Waals surface area contributed by atoms with E-state index in [9.17, 15) is 9.59 Å². The molecule has 1 aliphatic rings. The van der Waals surface area contributed by atoms with Gasteiger partial charge in [-0.2, -0.15) is 5.10 Å². The molecule has 37 heavy (non-hydrogen) atoms. The van der Waals surface area contributed by atoms with Crippen LogP contribution in [0.1, 0.15) is 29.4 Å². The monoisotopic (exact) mass is 515 g/mol. The second-order valence-electron chi connectivity index (χ2n) is 8.62. The summed E-state index contributed by atoms with van der Waals surface area (Å²) in [5, 5.41) is 5.68. The molecule has 0 saturated carbocycles. The van der Waals surface area contributed by atoms with Crippen LogP contribution in [0.5, 0.6) is 11.5 Å². The summed E-state index contributed by atoms with van der Waals surface area (Å²) in [5.41, 5.74) is 6.39. The number of amides is 1. The smallest absolute Gasteiger partial charge is 0.280 e. The fourth-order valence-corrected chi connectivity index (χ4v) is 4.66. The first kappa shape index (κ1) is 23.1. The Morgan fingerprint density at radius 2 is 1.95 bits per heavy atom. The average molecular weight is 516 g/mol. The quantitative estimate of drug-likeness (QED) is 0.379. The van der Waals surface area contributed by atoms with Crippen LogP contribution in [-0.2, 0) is 6.42 Å². The lowest BCUT2D eigenvalue weighted by Crippen LogP contribution is -2.33. The molecule has 0 aliphatic carbocycles. The highest BCUT2D eigenvalue weighted by Gasteiger charge is 2.19. The van der Waals surface area contributed by atoms with Crippen molar-refractivity contribution >= 4 is 34.1 Å². The molecule has 1 N–H and O–H groups in total. The van der Waals surface area contributed by atoms with Crippen molar-refractivity contribution in [2.24, 2.45) is 0 Å². The van der Waals surface area contributed by atoms with Crippen LogP contribution in [-0.4, -0.2) is 38.4 Å². The molecule has 0 radical (unpaired) electrons. The van der Waals surface area contributed by atoms with Gasteiger partial charge in [-0.25, -0.2) is 14.2 Å². The lowest BCUT2D eigenvalue weighted by Gasteiger charge is -2.12. The first-order valence-electron chi connectivity index (χ1n) is 11.9. The van der Waals surface area contributed by atoms with E-state index in [1.807, 2.05) is 31.2 Å². The highest BCUT2D eigenvalue weighted by Crippen LogP contribution is 2.32. The number of benzene rings is 2. The van der Waals surface area contributed by atoms with Gasteiger partial charge < -0.3 is 9.47 Å². The average Bonchev–Trinajstić information content (AvgIpc) is 3.13. The fourth-order valence-electron chi connectivity index (χ4n) is 4.47. The van der Waals surface area contributed by atoms with E-state index >= 15 is 0 Å². The standard InChI is InChI=1S/C27H22ClN5O4/c1-2-20-24(16-5-3-6-18(28)13-16)25-29-15-19-21(33(25)30-20)9-10-32(27(19)35)31-26(34)17-7-8-22-23(14-17)37-12-4-11-36-22/h3,5-10,13-15H,2,4,11-12H2,1H3,(H,31,34). The van der Waals surface area contributed by atoms with E-state index < -0.39 is 11.5 Å². The zero-order chi connectivity index (χ0) is 25.5. The maximum Gasteiger partial charge on any atom is 0.280 e. The van der Waals surface area contributed by atoms with Crippen molar-refractivity contribution in [3.8, 4) is 22.6 Å². The van der Waals surface area contributed by atoms with Gasteiger partial charge in [0, 0.05) is 35.0 Å². The van der Waals surface area contributed by atoms with Crippen molar-refractivity contribution < 1.29 is 14.3 Å². The lowest BCUT2D eigenvalue weighted by molar-refractivity contribution is 0.101. The van der Waals surface area contributed by atoms with Crippen LogP contribution in [0.4, 0.5) is 0 Å². The van der Waals surface area contributed by atoms with Crippen molar-refractivity contribution in [1.29, 1.82) is 0 Å². The summed E-state index contributed by atoms with van der Waals surface area (Å²) in [7, 11) is 0. The molecule has 0 fully saturated rings. The molecule has 186 valence electrons. The van der Waals surface area contributed by atoms with Gasteiger partial charge in [-0.3, -0.25) is 15.0 Å². The number of nitrogens with one attached hydrogen (secondary N) is 1. The van der Waals surface area contributed by atoms with Crippen molar-refractivity contribution in [1.82, 2.24) is 19.3 Å². The molecule has 0 saturated heterocycles. The summed E-state index contributed by atoms with van der Waals surface area (Å²) in [6, 6.07) is 14.2. The van der Waals surface area contributed by atoms with E-state index in [1.54, 1.807) is 28.8 Å². The SMILES string of the molecule is CCc1nn2c(ncc3c(=O)n(NC(=O)c4ccc5c(c4)OCCCO5)ccc32)c1-c1cccc(Cl)c1. The number of fused-ring (bicyclic) bond motifs is 4. The van der Waals surface area contributed by atoms with Crippen LogP contribution in [0, 0.1) is 0 Å². The van der Waals surface area contributed by atoms with Crippen molar-refractivity contribution in [2.45, 2.75) is 19.8 Å². The highest BCUT2D eigenvalue weighted by atomic mass is 35.5. The molecule has 1 aliphatic heterocycles. The first-order chi connectivity index (χ1) is 18.0. The molecule has 3 aromatic heterocycles. The number of hydrogen-bond donors (Lipinski definition) is 1. The molecule has 0 bridgehead atoms. The number of halogens is 1. The number of nitrogens with zero attached hydrogens (tertiary/aromatic N) is 4. The molecule has 0 unspecified atom stereocenters. The minimum Gasteiger partial charge on any atom is -0.490 e. The van der Waals surface area contributed by atoms with Crippen molar-refractivity contribution in [3.05, 3.63) is 87.6 Å². The normalized spacial score (nSPS) is 13.0. The number of carbonyl (C=O) groups excluding carboxylic acids is 1. The predicted octanol–water partition coefficient (Wildman–Crippen LogP) is 4.47. The number of aryl methyl sites for hydroxylation is 1. The second-order valence-corrected chi connectivity index (χ2v) is 9.06. The fraction of sp³-hybridized carbons (Fsp3) is 0.185. The maximum absolute atomic E-state index is 13.3. The topological polar surface area (TPSA) is 99.8 Å². The highest BCUT2D eigenvalue weighted by molar-refractivity contribution is 6.30. The van der Waals surface area contributed by atoms with Gasteiger partial charge in [0.25, 0.3) is 11.5 Å². The zero-order valence-electron chi connectivity index (χ0n) is 19.9. The van der Waals surface area contributed by atoms with Crippen LogP contribution in [0.15, 0.2) is 65.7 Å². The molecule has 6 rings (SSSR count). The van der Waals surface area contributed by atoms with E-state index in [2.05, 4.69) is 10.4 Å². The summed E-state index contributed by atoms with van der Waals surface area (Å²) in [4.78, 5) is 30.8. The number of ether oxygens (including phenoxy) is 2. The Kier molecular flexibility index (Phi) is 5.77. The third-order valence-electron chi connectivity index (χ3n) is 6.26. The van der Waals surface area contributed by atoms with E-state index in [0.717, 1.165) is 27.9 Å².